The zero-order chi connectivity index (χ0) is 15.5. The number of benzene rings is 2. The van der Waals surface area contributed by atoms with E-state index in [0.29, 0.717) is 0 Å². The molecule has 2 heterocycles. The van der Waals surface area contributed by atoms with Crippen LogP contribution in [0.25, 0.3) is 10.8 Å². The van der Waals surface area contributed by atoms with Gasteiger partial charge in [-0.15, -0.1) is 0 Å². The van der Waals surface area contributed by atoms with E-state index in [9.17, 15) is 0 Å². The first kappa shape index (κ1) is 14.0. The van der Waals surface area contributed by atoms with Crippen LogP contribution < -0.4 is 5.32 Å². The second-order valence-corrected chi connectivity index (χ2v) is 5.93. The molecule has 0 spiro atoms. The quantitative estimate of drug-likeness (QED) is 0.697. The van der Waals surface area contributed by atoms with Gasteiger partial charge in [-0.1, -0.05) is 30.3 Å². The smallest absolute Gasteiger partial charge is 0.133 e. The van der Waals surface area contributed by atoms with E-state index in [-0.39, 0.29) is 0 Å². The molecule has 0 amide bonds. The van der Waals surface area contributed by atoms with Gasteiger partial charge in [-0.2, -0.15) is 0 Å². The fourth-order valence-electron chi connectivity index (χ4n) is 3.15. The summed E-state index contributed by atoms with van der Waals surface area (Å²) >= 11 is 0. The summed E-state index contributed by atoms with van der Waals surface area (Å²) in [6.07, 6.45) is 9.19. The van der Waals surface area contributed by atoms with Gasteiger partial charge >= 0.3 is 0 Å². The van der Waals surface area contributed by atoms with Gasteiger partial charge in [0.05, 0.1) is 6.33 Å². The predicted octanol–water partition coefficient (Wildman–Crippen LogP) is 4.08. The third-order valence-corrected chi connectivity index (χ3v) is 4.32. The molecule has 0 fully saturated rings. The number of hydrogen-bond donors (Lipinski definition) is 1. The van der Waals surface area contributed by atoms with E-state index in [1.807, 2.05) is 18.7 Å². The van der Waals surface area contributed by atoms with Crippen molar-refractivity contribution in [3.63, 3.8) is 0 Å². The zero-order valence-corrected chi connectivity index (χ0v) is 13.1. The lowest BCUT2D eigenvalue weighted by molar-refractivity contribution is 0.591. The number of hydrogen-bond acceptors (Lipinski definition) is 2. The van der Waals surface area contributed by atoms with E-state index in [0.717, 1.165) is 25.3 Å². The van der Waals surface area contributed by atoms with Crippen molar-refractivity contribution >= 4 is 22.3 Å². The Morgan fingerprint density at radius 1 is 1.04 bits per heavy atom. The Morgan fingerprint density at radius 2 is 1.96 bits per heavy atom. The number of rotatable bonds is 6. The summed E-state index contributed by atoms with van der Waals surface area (Å²) in [5.41, 5.74) is 2.41. The van der Waals surface area contributed by atoms with Crippen molar-refractivity contribution in [1.82, 2.24) is 9.55 Å². The summed E-state index contributed by atoms with van der Waals surface area (Å²) in [6, 6.07) is 12.8. The fraction of sp³-hybridized carbons (Fsp3) is 0.263. The standard InChI is InChI=1S/C19H20N4/c1(3-12-23-13-11-20-14-23)2-10-21-19-16-8-4-6-15-7-5-9-17(22-19)18(15)16/h4-9,11,13-14H,1-3,10,12H2,(H,21,22). The second-order valence-electron chi connectivity index (χ2n) is 5.93. The van der Waals surface area contributed by atoms with Gasteiger partial charge < -0.3 is 9.88 Å². The maximum Gasteiger partial charge on any atom is 0.133 e. The molecule has 0 atom stereocenters. The van der Waals surface area contributed by atoms with Crippen molar-refractivity contribution in [1.29, 1.82) is 0 Å². The van der Waals surface area contributed by atoms with Gasteiger partial charge in [0, 0.05) is 42.1 Å². The van der Waals surface area contributed by atoms with Crippen LogP contribution in [0.1, 0.15) is 24.8 Å². The average Bonchev–Trinajstić information content (AvgIpc) is 3.21. The number of imidazole rings is 1. The molecule has 2 aromatic carbocycles. The van der Waals surface area contributed by atoms with Crippen LogP contribution in [-0.2, 0) is 6.54 Å². The molecule has 4 rings (SSSR count). The zero-order valence-electron chi connectivity index (χ0n) is 13.1. The van der Waals surface area contributed by atoms with Crippen molar-refractivity contribution < 1.29 is 0 Å². The molecule has 116 valence electrons. The minimum atomic E-state index is 0.872. The first-order valence-corrected chi connectivity index (χ1v) is 8.21. The first-order chi connectivity index (χ1) is 11.4. The van der Waals surface area contributed by atoms with Crippen LogP contribution in [0.4, 0.5) is 5.69 Å². The number of aromatic nitrogens is 2. The molecule has 1 aliphatic rings. The molecule has 1 aliphatic heterocycles. The van der Waals surface area contributed by atoms with E-state index in [4.69, 9.17) is 4.99 Å². The lowest BCUT2D eigenvalue weighted by Gasteiger charge is -2.03. The van der Waals surface area contributed by atoms with Crippen LogP contribution >= 0.6 is 0 Å². The number of nitrogens with zero attached hydrogens (tertiary/aromatic N) is 3. The lowest BCUT2D eigenvalue weighted by Crippen LogP contribution is -2.08. The molecule has 0 aliphatic carbocycles. The maximum atomic E-state index is 4.78. The molecule has 0 bridgehead atoms. The van der Waals surface area contributed by atoms with Crippen molar-refractivity contribution in [2.24, 2.45) is 4.99 Å². The van der Waals surface area contributed by atoms with Crippen molar-refractivity contribution in [2.75, 3.05) is 11.9 Å². The third kappa shape index (κ3) is 2.84. The maximum absolute atomic E-state index is 4.78. The fourth-order valence-corrected chi connectivity index (χ4v) is 3.15. The highest BCUT2D eigenvalue weighted by Gasteiger charge is 2.18. The molecule has 1 aromatic heterocycles. The van der Waals surface area contributed by atoms with Crippen LogP contribution in [0.2, 0.25) is 0 Å². The van der Waals surface area contributed by atoms with Gasteiger partial charge in [0.15, 0.2) is 0 Å². The molecule has 4 nitrogen and oxygen atoms in total. The minimum absolute atomic E-state index is 0.872. The summed E-state index contributed by atoms with van der Waals surface area (Å²) in [7, 11) is 0. The summed E-state index contributed by atoms with van der Waals surface area (Å²) in [5.74, 6) is 1.02. The summed E-state index contributed by atoms with van der Waals surface area (Å²) in [5, 5.41) is 6.03. The monoisotopic (exact) mass is 304 g/mol. The van der Waals surface area contributed by atoms with E-state index in [1.54, 1.807) is 0 Å². The Kier molecular flexibility index (Phi) is 3.80. The van der Waals surface area contributed by atoms with Gasteiger partial charge in [-0.3, -0.25) is 4.99 Å². The highest BCUT2D eigenvalue weighted by molar-refractivity contribution is 6.25. The van der Waals surface area contributed by atoms with Gasteiger partial charge in [-0.25, -0.2) is 4.98 Å². The Balaban J connectivity index is 1.35. The van der Waals surface area contributed by atoms with Crippen LogP contribution in [0.15, 0.2) is 60.1 Å². The largest absolute Gasteiger partial charge is 0.339 e. The summed E-state index contributed by atoms with van der Waals surface area (Å²) in [6.45, 7) is 1.91. The highest BCUT2D eigenvalue weighted by atomic mass is 15.0. The van der Waals surface area contributed by atoms with Gasteiger partial charge in [-0.05, 0) is 30.7 Å². The van der Waals surface area contributed by atoms with Gasteiger partial charge in [0.25, 0.3) is 0 Å². The molecule has 0 saturated carbocycles. The summed E-state index contributed by atoms with van der Waals surface area (Å²) in [4.78, 5) is 8.84. The Labute approximate surface area is 135 Å². The van der Waals surface area contributed by atoms with E-state index >= 15 is 0 Å². The van der Waals surface area contributed by atoms with E-state index in [2.05, 4.69) is 51.3 Å². The molecule has 0 radical (unpaired) electrons. The predicted molar refractivity (Wildman–Crippen MR) is 95.1 cm³/mol. The van der Waals surface area contributed by atoms with Crippen LogP contribution in [0, 0.1) is 0 Å². The SMILES string of the molecule is c1cc2c3c(cccc3c1)C(=NCCCCCn1ccnc1)N2. The normalized spacial score (nSPS) is 14.5. The van der Waals surface area contributed by atoms with E-state index < -0.39 is 0 Å². The molecular weight excluding hydrogens is 284 g/mol. The van der Waals surface area contributed by atoms with Gasteiger partial charge in [0.1, 0.15) is 5.84 Å². The van der Waals surface area contributed by atoms with Crippen molar-refractivity contribution in [3.8, 4) is 0 Å². The molecule has 0 saturated heterocycles. The summed E-state index contributed by atoms with van der Waals surface area (Å²) < 4.78 is 2.13. The highest BCUT2D eigenvalue weighted by Crippen LogP contribution is 2.32. The Bertz CT molecular complexity index is 828. The molecule has 4 heteroatoms. The van der Waals surface area contributed by atoms with Crippen molar-refractivity contribution in [3.05, 3.63) is 60.7 Å². The first-order valence-electron chi connectivity index (χ1n) is 8.21. The number of aryl methyl sites for hydroxylation is 1. The second kappa shape index (κ2) is 6.24. The van der Waals surface area contributed by atoms with E-state index in [1.165, 1.54) is 34.9 Å². The molecule has 23 heavy (non-hydrogen) atoms. The molecule has 1 N–H and O–H groups in total. The number of unbranched alkanes of at least 4 members (excludes halogenated alkanes) is 2. The number of anilines is 1. The number of aliphatic imine (C=N–C) groups is 1. The average molecular weight is 304 g/mol. The minimum Gasteiger partial charge on any atom is -0.339 e. The Hall–Kier alpha value is -2.62. The lowest BCUT2D eigenvalue weighted by atomic mass is 10.1. The molecule has 3 aromatic rings. The third-order valence-electron chi connectivity index (χ3n) is 4.32. The topological polar surface area (TPSA) is 42.2 Å². The number of nitrogens with one attached hydrogen (secondary N) is 1. The van der Waals surface area contributed by atoms with Crippen LogP contribution in [0.3, 0.4) is 0 Å². The molecular formula is C19H20N4. The molecule has 0 unspecified atom stereocenters. The van der Waals surface area contributed by atoms with Crippen molar-refractivity contribution in [2.45, 2.75) is 25.8 Å². The number of amidine groups is 1. The Morgan fingerprint density at radius 3 is 2.83 bits per heavy atom. The van der Waals surface area contributed by atoms with Gasteiger partial charge in [0.2, 0.25) is 0 Å². The van der Waals surface area contributed by atoms with Crippen LogP contribution in [-0.4, -0.2) is 21.9 Å². The van der Waals surface area contributed by atoms with Crippen LogP contribution in [0.5, 0.6) is 0 Å².